The van der Waals surface area contributed by atoms with Crippen LogP contribution in [-0.4, -0.2) is 41.8 Å². The molecule has 3 nitrogen and oxygen atoms in total. The first-order chi connectivity index (χ1) is 6.65. The summed E-state index contributed by atoms with van der Waals surface area (Å²) < 4.78 is 0. The number of likely N-dealkylation sites (N-methyl/N-ethyl adjacent to an activating group) is 1. The van der Waals surface area contributed by atoms with E-state index in [9.17, 15) is 4.79 Å². The zero-order valence-electron chi connectivity index (χ0n) is 8.92. The average Bonchev–Trinajstić information content (AvgIpc) is 2.99. The summed E-state index contributed by atoms with van der Waals surface area (Å²) in [6, 6.07) is 0.776. The van der Waals surface area contributed by atoms with Crippen LogP contribution in [0, 0.1) is 0 Å². The van der Waals surface area contributed by atoms with E-state index < -0.39 is 0 Å². The van der Waals surface area contributed by atoms with Crippen LogP contribution in [0.3, 0.4) is 0 Å². The van der Waals surface area contributed by atoms with Crippen molar-refractivity contribution in [3.8, 4) is 0 Å². The molecular weight excluding hydrogens is 244 g/mol. The molecule has 0 aromatic heterocycles. The third-order valence-corrected chi connectivity index (χ3v) is 3.64. The normalized spacial score (nSPS) is 18.3. The van der Waals surface area contributed by atoms with Gasteiger partial charge in [0, 0.05) is 19.1 Å². The van der Waals surface area contributed by atoms with Crippen LogP contribution in [0.5, 0.6) is 0 Å². The molecule has 0 bridgehead atoms. The largest absolute Gasteiger partial charge is 0.354 e. The topological polar surface area (TPSA) is 32.3 Å². The summed E-state index contributed by atoms with van der Waals surface area (Å²) in [5, 5.41) is 2.92. The van der Waals surface area contributed by atoms with E-state index in [2.05, 4.69) is 33.2 Å². The van der Waals surface area contributed by atoms with Gasteiger partial charge < -0.3 is 10.2 Å². The van der Waals surface area contributed by atoms with Crippen LogP contribution in [0.4, 0.5) is 0 Å². The van der Waals surface area contributed by atoms with Crippen LogP contribution in [0.15, 0.2) is 0 Å². The molecule has 1 aliphatic rings. The number of halogens is 1. The maximum absolute atomic E-state index is 11.4. The fraction of sp³-hybridized carbons (Fsp3) is 0.900. The minimum atomic E-state index is -0.0336. The lowest BCUT2D eigenvalue weighted by molar-refractivity contribution is -0.120. The molecule has 0 aliphatic heterocycles. The van der Waals surface area contributed by atoms with E-state index in [1.165, 1.54) is 12.8 Å². The van der Waals surface area contributed by atoms with Crippen molar-refractivity contribution >= 4 is 21.8 Å². The van der Waals surface area contributed by atoms with E-state index >= 15 is 0 Å². The monoisotopic (exact) mass is 262 g/mol. The molecule has 1 fully saturated rings. The van der Waals surface area contributed by atoms with Crippen LogP contribution < -0.4 is 5.32 Å². The fourth-order valence-corrected chi connectivity index (χ4v) is 1.51. The van der Waals surface area contributed by atoms with Crippen molar-refractivity contribution in [1.29, 1.82) is 0 Å². The van der Waals surface area contributed by atoms with Crippen molar-refractivity contribution in [2.45, 2.75) is 37.1 Å². The summed E-state index contributed by atoms with van der Waals surface area (Å²) in [7, 11) is 2.12. The van der Waals surface area contributed by atoms with Gasteiger partial charge >= 0.3 is 0 Å². The van der Waals surface area contributed by atoms with E-state index in [1.807, 2.05) is 6.92 Å². The van der Waals surface area contributed by atoms with Gasteiger partial charge in [-0.3, -0.25) is 4.79 Å². The number of hydrogen-bond acceptors (Lipinski definition) is 2. The summed E-state index contributed by atoms with van der Waals surface area (Å²) in [5.74, 6) is 0.108. The van der Waals surface area contributed by atoms with Crippen LogP contribution in [-0.2, 0) is 4.79 Å². The molecule has 0 aromatic rings. The summed E-state index contributed by atoms with van der Waals surface area (Å²) in [5.41, 5.74) is 0. The number of alkyl halides is 1. The highest BCUT2D eigenvalue weighted by Gasteiger charge is 2.25. The van der Waals surface area contributed by atoms with Gasteiger partial charge in [-0.05, 0) is 26.3 Å². The first-order valence-electron chi connectivity index (χ1n) is 5.27. The first-order valence-corrected chi connectivity index (χ1v) is 6.18. The van der Waals surface area contributed by atoms with E-state index in [0.29, 0.717) is 0 Å². The van der Waals surface area contributed by atoms with Crippen LogP contribution >= 0.6 is 15.9 Å². The van der Waals surface area contributed by atoms with Gasteiger partial charge in [-0.15, -0.1) is 0 Å². The van der Waals surface area contributed by atoms with Crippen molar-refractivity contribution in [1.82, 2.24) is 10.2 Å². The Morgan fingerprint density at radius 2 is 2.29 bits per heavy atom. The SMILES string of the molecule is CCC(Br)C(=O)NCCN(C)C1CC1. The number of hydrogen-bond donors (Lipinski definition) is 1. The van der Waals surface area contributed by atoms with Crippen molar-refractivity contribution in [3.63, 3.8) is 0 Å². The molecule has 1 amide bonds. The zero-order valence-corrected chi connectivity index (χ0v) is 10.5. The van der Waals surface area contributed by atoms with E-state index in [4.69, 9.17) is 0 Å². The fourth-order valence-electron chi connectivity index (χ4n) is 1.35. The summed E-state index contributed by atoms with van der Waals surface area (Å²) in [6.07, 6.45) is 3.48. The molecule has 1 aliphatic carbocycles. The quantitative estimate of drug-likeness (QED) is 0.734. The molecule has 4 heteroatoms. The zero-order chi connectivity index (χ0) is 10.6. The summed E-state index contributed by atoms with van der Waals surface area (Å²) in [4.78, 5) is 13.6. The predicted molar refractivity (Wildman–Crippen MR) is 61.7 cm³/mol. The second-order valence-electron chi connectivity index (χ2n) is 3.88. The Balaban J connectivity index is 2.04. The molecule has 1 N–H and O–H groups in total. The van der Waals surface area contributed by atoms with Gasteiger partial charge in [0.25, 0.3) is 0 Å². The number of carbonyl (C=O) groups excluding carboxylic acids is 1. The Hall–Kier alpha value is -0.0900. The van der Waals surface area contributed by atoms with Gasteiger partial charge in [0.2, 0.25) is 5.91 Å². The van der Waals surface area contributed by atoms with Crippen molar-refractivity contribution in [3.05, 3.63) is 0 Å². The van der Waals surface area contributed by atoms with E-state index in [-0.39, 0.29) is 10.7 Å². The minimum Gasteiger partial charge on any atom is -0.354 e. The van der Waals surface area contributed by atoms with Gasteiger partial charge in [-0.2, -0.15) is 0 Å². The lowest BCUT2D eigenvalue weighted by Crippen LogP contribution is -2.37. The summed E-state index contributed by atoms with van der Waals surface area (Å²) in [6.45, 7) is 3.71. The van der Waals surface area contributed by atoms with Crippen LogP contribution in [0.1, 0.15) is 26.2 Å². The standard InChI is InChI=1S/C10H19BrN2O/c1-3-9(11)10(14)12-6-7-13(2)8-4-5-8/h8-9H,3-7H2,1-2H3,(H,12,14). The predicted octanol–water partition coefficient (Wildman–Crippen LogP) is 1.37. The smallest absolute Gasteiger partial charge is 0.233 e. The van der Waals surface area contributed by atoms with Crippen LogP contribution in [0.25, 0.3) is 0 Å². The number of nitrogens with zero attached hydrogens (tertiary/aromatic N) is 1. The van der Waals surface area contributed by atoms with E-state index in [0.717, 1.165) is 25.6 Å². The van der Waals surface area contributed by atoms with Crippen molar-refractivity contribution < 1.29 is 4.79 Å². The number of rotatable bonds is 6. The Bertz CT molecular complexity index is 195. The number of carbonyl (C=O) groups is 1. The van der Waals surface area contributed by atoms with Gasteiger partial charge in [-0.1, -0.05) is 22.9 Å². The molecule has 0 saturated heterocycles. The Morgan fingerprint density at radius 3 is 2.79 bits per heavy atom. The second-order valence-corrected chi connectivity index (χ2v) is 4.98. The minimum absolute atomic E-state index is 0.0336. The highest BCUT2D eigenvalue weighted by atomic mass is 79.9. The van der Waals surface area contributed by atoms with Gasteiger partial charge in [0.1, 0.15) is 0 Å². The maximum atomic E-state index is 11.4. The number of amides is 1. The molecule has 0 heterocycles. The molecule has 1 unspecified atom stereocenters. The molecule has 82 valence electrons. The molecule has 14 heavy (non-hydrogen) atoms. The molecule has 1 saturated carbocycles. The van der Waals surface area contributed by atoms with Crippen molar-refractivity contribution in [2.75, 3.05) is 20.1 Å². The lowest BCUT2D eigenvalue weighted by atomic mass is 10.3. The van der Waals surface area contributed by atoms with Crippen LogP contribution in [0.2, 0.25) is 0 Å². The third kappa shape index (κ3) is 3.96. The van der Waals surface area contributed by atoms with Crippen molar-refractivity contribution in [2.24, 2.45) is 0 Å². The maximum Gasteiger partial charge on any atom is 0.233 e. The molecule has 0 radical (unpaired) electrons. The second kappa shape index (κ2) is 5.71. The van der Waals surface area contributed by atoms with Gasteiger partial charge in [0.05, 0.1) is 4.83 Å². The Morgan fingerprint density at radius 1 is 1.64 bits per heavy atom. The van der Waals surface area contributed by atoms with Gasteiger partial charge in [-0.25, -0.2) is 0 Å². The number of nitrogens with one attached hydrogen (secondary N) is 1. The molecular formula is C10H19BrN2O. The Labute approximate surface area is 94.4 Å². The van der Waals surface area contributed by atoms with E-state index in [1.54, 1.807) is 0 Å². The highest BCUT2D eigenvalue weighted by molar-refractivity contribution is 9.10. The highest BCUT2D eigenvalue weighted by Crippen LogP contribution is 2.24. The molecule has 0 aromatic carbocycles. The molecule has 1 rings (SSSR count). The Kier molecular flexibility index (Phi) is 4.89. The molecule has 1 atom stereocenters. The summed E-state index contributed by atoms with van der Waals surface area (Å²) >= 11 is 3.33. The third-order valence-electron chi connectivity index (χ3n) is 2.58. The average molecular weight is 263 g/mol. The first kappa shape index (κ1) is 12.0. The van der Waals surface area contributed by atoms with Gasteiger partial charge in [0.15, 0.2) is 0 Å². The molecule has 0 spiro atoms. The lowest BCUT2D eigenvalue weighted by Gasteiger charge is -2.16.